The molecule has 1 aromatic rings. The highest BCUT2D eigenvalue weighted by Crippen LogP contribution is 2.47. The van der Waals surface area contributed by atoms with E-state index in [2.05, 4.69) is 0 Å². The maximum atomic E-state index is 13.2. The minimum atomic E-state index is -1.84. The summed E-state index contributed by atoms with van der Waals surface area (Å²) >= 11 is 0. The molecule has 1 aromatic carbocycles. The van der Waals surface area contributed by atoms with Crippen LogP contribution in [0.5, 0.6) is 0 Å². The topological polar surface area (TPSA) is 133 Å². The van der Waals surface area contributed by atoms with Gasteiger partial charge in [0, 0.05) is 24.5 Å². The summed E-state index contributed by atoms with van der Waals surface area (Å²) in [6, 6.07) is 5.35. The molecule has 176 valence electrons. The fraction of sp³-hybridized carbons (Fsp3) is 0.609. The molecule has 1 N–H and O–H groups in total. The zero-order chi connectivity index (χ0) is 24.6. The quantitative estimate of drug-likeness (QED) is 0.320. The normalized spacial score (nSPS) is 26.4. The third kappa shape index (κ3) is 5.91. The lowest BCUT2D eigenvalue weighted by Crippen LogP contribution is -2.56. The third-order valence-corrected chi connectivity index (χ3v) is 5.05. The van der Waals surface area contributed by atoms with Crippen LogP contribution >= 0.6 is 0 Å². The molecule has 0 saturated heterocycles. The van der Waals surface area contributed by atoms with Gasteiger partial charge in [0.25, 0.3) is 5.69 Å². The molecule has 0 spiro atoms. The first kappa shape index (κ1) is 25.5. The van der Waals surface area contributed by atoms with Gasteiger partial charge in [0.2, 0.25) is 0 Å². The Morgan fingerprint density at radius 3 is 2.12 bits per heavy atom. The molecule has 0 aromatic heterocycles. The van der Waals surface area contributed by atoms with E-state index in [1.807, 2.05) is 0 Å². The highest BCUT2D eigenvalue weighted by Gasteiger charge is 2.58. The molecule has 9 heteroatoms. The van der Waals surface area contributed by atoms with Gasteiger partial charge in [-0.3, -0.25) is 24.5 Å². The number of ether oxygens (including phenoxy) is 2. The second-order valence-electron chi connectivity index (χ2n) is 10.4. The molecule has 0 amide bonds. The van der Waals surface area contributed by atoms with E-state index in [0.717, 1.165) is 0 Å². The number of carbonyl (C=O) groups excluding carboxylic acids is 3. The molecule has 4 atom stereocenters. The molecule has 0 aliphatic heterocycles. The van der Waals surface area contributed by atoms with Crippen molar-refractivity contribution in [2.24, 2.45) is 11.8 Å². The molecular formula is C23H31NO8. The number of hydrogen-bond acceptors (Lipinski definition) is 8. The maximum Gasteiger partial charge on any atom is 0.317 e. The number of Topliss-reactive ketones (excluding diaryl/α,β-unsaturated/α-hetero) is 1. The van der Waals surface area contributed by atoms with Crippen molar-refractivity contribution in [1.82, 2.24) is 0 Å². The molecule has 1 saturated carbocycles. The van der Waals surface area contributed by atoms with E-state index in [1.54, 1.807) is 41.5 Å². The summed E-state index contributed by atoms with van der Waals surface area (Å²) in [7, 11) is 0. The van der Waals surface area contributed by atoms with Gasteiger partial charge in [-0.2, -0.15) is 0 Å². The van der Waals surface area contributed by atoms with Gasteiger partial charge in [0.15, 0.2) is 5.78 Å². The van der Waals surface area contributed by atoms with Crippen LogP contribution in [0, 0.1) is 22.0 Å². The molecule has 0 bridgehead atoms. The van der Waals surface area contributed by atoms with Crippen LogP contribution < -0.4 is 0 Å². The minimum Gasteiger partial charge on any atom is -0.460 e. The Kier molecular flexibility index (Phi) is 6.85. The van der Waals surface area contributed by atoms with Gasteiger partial charge in [-0.05, 0) is 54.0 Å². The van der Waals surface area contributed by atoms with E-state index in [9.17, 15) is 29.6 Å². The third-order valence-electron chi connectivity index (χ3n) is 5.05. The molecular weight excluding hydrogens is 418 g/mol. The monoisotopic (exact) mass is 449 g/mol. The summed E-state index contributed by atoms with van der Waals surface area (Å²) in [5.74, 6) is -6.26. The van der Waals surface area contributed by atoms with Gasteiger partial charge in [0.1, 0.15) is 17.1 Å². The fourth-order valence-electron chi connectivity index (χ4n) is 3.99. The second kappa shape index (κ2) is 8.61. The molecule has 32 heavy (non-hydrogen) atoms. The Balaban J connectivity index is 2.70. The summed E-state index contributed by atoms with van der Waals surface area (Å²) in [5, 5.41) is 22.4. The van der Waals surface area contributed by atoms with Crippen molar-refractivity contribution in [2.45, 2.75) is 77.6 Å². The lowest BCUT2D eigenvalue weighted by atomic mass is 9.61. The van der Waals surface area contributed by atoms with Crippen LogP contribution in [0.1, 0.15) is 66.4 Å². The highest BCUT2D eigenvalue weighted by atomic mass is 16.6. The number of aliphatic hydroxyl groups is 1. The van der Waals surface area contributed by atoms with E-state index in [4.69, 9.17) is 9.47 Å². The molecule has 0 unspecified atom stereocenters. The Bertz CT molecular complexity index is 923. The summed E-state index contributed by atoms with van der Waals surface area (Å²) in [4.78, 5) is 50.1. The van der Waals surface area contributed by atoms with E-state index < -0.39 is 63.6 Å². The van der Waals surface area contributed by atoms with E-state index in [-0.39, 0.29) is 11.3 Å². The summed E-state index contributed by atoms with van der Waals surface area (Å²) in [5.41, 5.74) is -3.73. The Morgan fingerprint density at radius 2 is 1.62 bits per heavy atom. The van der Waals surface area contributed by atoms with Gasteiger partial charge < -0.3 is 14.6 Å². The van der Waals surface area contributed by atoms with Crippen LogP contribution in [0.15, 0.2) is 24.3 Å². The lowest BCUT2D eigenvalue weighted by Gasteiger charge is -2.44. The smallest absolute Gasteiger partial charge is 0.317 e. The van der Waals surface area contributed by atoms with Crippen molar-refractivity contribution in [2.75, 3.05) is 0 Å². The molecule has 1 aliphatic rings. The van der Waals surface area contributed by atoms with Crippen LogP contribution in [0.4, 0.5) is 5.69 Å². The molecule has 1 aliphatic carbocycles. The average Bonchev–Trinajstić information content (AvgIpc) is 2.56. The summed E-state index contributed by atoms with van der Waals surface area (Å²) in [6.07, 6.45) is -0.466. The Hall–Kier alpha value is -2.81. The lowest BCUT2D eigenvalue weighted by molar-refractivity contribution is -0.385. The Labute approximate surface area is 187 Å². The number of hydrogen-bond donors (Lipinski definition) is 1. The number of benzene rings is 1. The number of non-ortho nitro benzene ring substituents is 1. The summed E-state index contributed by atoms with van der Waals surface area (Å²) < 4.78 is 11.0. The van der Waals surface area contributed by atoms with Crippen molar-refractivity contribution < 1.29 is 33.9 Å². The van der Waals surface area contributed by atoms with Gasteiger partial charge in [-0.15, -0.1) is 0 Å². The van der Waals surface area contributed by atoms with E-state index >= 15 is 0 Å². The maximum absolute atomic E-state index is 13.2. The number of carbonyl (C=O) groups is 3. The average molecular weight is 450 g/mol. The summed E-state index contributed by atoms with van der Waals surface area (Å²) in [6.45, 7) is 11.2. The number of nitro benzene ring substituents is 1. The number of ketones is 1. The van der Waals surface area contributed by atoms with Crippen molar-refractivity contribution in [3.63, 3.8) is 0 Å². The number of rotatable bonds is 4. The van der Waals surface area contributed by atoms with Gasteiger partial charge in [-0.1, -0.05) is 12.1 Å². The number of nitro groups is 1. The van der Waals surface area contributed by atoms with Crippen molar-refractivity contribution >= 4 is 23.4 Å². The largest absolute Gasteiger partial charge is 0.460 e. The predicted molar refractivity (Wildman–Crippen MR) is 115 cm³/mol. The van der Waals surface area contributed by atoms with Crippen molar-refractivity contribution in [3.8, 4) is 0 Å². The fourth-order valence-corrected chi connectivity index (χ4v) is 3.99. The second-order valence-corrected chi connectivity index (χ2v) is 10.4. The predicted octanol–water partition coefficient (Wildman–Crippen LogP) is 3.32. The SMILES string of the molecule is CC(C)(C)OC(=O)[C@@H]1C(=O)C[C@@](C)(O)[C@H](C(=O)OC(C)(C)C)[C@@H]1c1cccc([N+](=O)[O-])c1. The standard InChI is InChI=1S/C23H31NO8/c1-21(2,3)31-19(26)17-15(25)12-23(7,28)18(20(27)32-22(4,5)6)16(17)13-9-8-10-14(11-13)24(29)30/h8-11,16-18,28H,12H2,1-7H3/t16-,17-,18+,23-/m1/s1. The molecule has 1 fully saturated rings. The van der Waals surface area contributed by atoms with Crippen LogP contribution in [0.3, 0.4) is 0 Å². The van der Waals surface area contributed by atoms with E-state index in [0.29, 0.717) is 0 Å². The minimum absolute atomic E-state index is 0.194. The van der Waals surface area contributed by atoms with Crippen molar-refractivity contribution in [1.29, 1.82) is 0 Å². The molecule has 0 heterocycles. The van der Waals surface area contributed by atoms with Gasteiger partial charge in [-0.25, -0.2) is 0 Å². The Morgan fingerprint density at radius 1 is 1.09 bits per heavy atom. The van der Waals surface area contributed by atoms with Gasteiger partial charge >= 0.3 is 11.9 Å². The molecule has 0 radical (unpaired) electrons. The van der Waals surface area contributed by atoms with Crippen LogP contribution in [-0.2, 0) is 23.9 Å². The first-order chi connectivity index (χ1) is 14.4. The van der Waals surface area contributed by atoms with Crippen LogP contribution in [0.25, 0.3) is 0 Å². The highest BCUT2D eigenvalue weighted by molar-refractivity contribution is 6.03. The number of esters is 2. The number of nitrogens with zero attached hydrogens (tertiary/aromatic N) is 1. The van der Waals surface area contributed by atoms with Crippen LogP contribution in [0.2, 0.25) is 0 Å². The first-order valence-electron chi connectivity index (χ1n) is 10.4. The van der Waals surface area contributed by atoms with Gasteiger partial charge in [0.05, 0.1) is 16.4 Å². The van der Waals surface area contributed by atoms with Crippen molar-refractivity contribution in [3.05, 3.63) is 39.9 Å². The zero-order valence-corrected chi connectivity index (χ0v) is 19.5. The first-order valence-corrected chi connectivity index (χ1v) is 10.4. The molecule has 9 nitrogen and oxygen atoms in total. The van der Waals surface area contributed by atoms with Crippen LogP contribution in [-0.4, -0.2) is 44.6 Å². The zero-order valence-electron chi connectivity index (χ0n) is 19.5. The van der Waals surface area contributed by atoms with E-state index in [1.165, 1.54) is 31.2 Å². The molecule has 2 rings (SSSR count).